The van der Waals surface area contributed by atoms with Gasteiger partial charge in [-0.15, -0.1) is 22.0 Å². The molecule has 22 heavy (non-hydrogen) atoms. The Bertz CT molecular complexity index is 558. The van der Waals surface area contributed by atoms with Gasteiger partial charge in [-0.25, -0.2) is 4.79 Å². The van der Waals surface area contributed by atoms with Crippen molar-refractivity contribution >= 4 is 52.0 Å². The molecule has 1 aromatic rings. The van der Waals surface area contributed by atoms with Gasteiger partial charge >= 0.3 is 6.09 Å². The summed E-state index contributed by atoms with van der Waals surface area (Å²) in [7, 11) is 0. The van der Waals surface area contributed by atoms with Gasteiger partial charge < -0.3 is 4.74 Å². The molecule has 1 atom stereocenters. The average Bonchev–Trinajstić information content (AvgIpc) is 3.04. The molecular formula is C12H18N4O3S3. The quantitative estimate of drug-likeness (QED) is 0.653. The minimum atomic E-state index is -0.585. The van der Waals surface area contributed by atoms with Gasteiger partial charge in [0.05, 0.1) is 5.88 Å². The number of anilines is 1. The van der Waals surface area contributed by atoms with Gasteiger partial charge in [0.15, 0.2) is 4.34 Å². The van der Waals surface area contributed by atoms with Gasteiger partial charge in [0.2, 0.25) is 11.0 Å². The van der Waals surface area contributed by atoms with Gasteiger partial charge in [-0.3, -0.25) is 15.0 Å². The molecule has 7 nitrogen and oxygen atoms in total. The number of amides is 2. The van der Waals surface area contributed by atoms with Gasteiger partial charge in [0.25, 0.3) is 0 Å². The van der Waals surface area contributed by atoms with E-state index in [1.54, 1.807) is 20.8 Å². The molecule has 0 saturated carbocycles. The molecule has 0 spiro atoms. The standard InChI is InChI=1S/C12H18N4O3S3/c1-12(2,3)19-11(18)16-6-21-5-7(16)8(17)13-9-14-15-10(20-4)22-9/h7H,5-6H2,1-4H3,(H,13,14,17)/t7-/m0/s1. The fourth-order valence-corrected chi connectivity index (χ4v) is 4.01. The van der Waals surface area contributed by atoms with Crippen molar-refractivity contribution in [1.82, 2.24) is 15.1 Å². The number of nitrogens with zero attached hydrogens (tertiary/aromatic N) is 3. The summed E-state index contributed by atoms with van der Waals surface area (Å²) in [6.45, 7) is 5.40. The van der Waals surface area contributed by atoms with E-state index in [-0.39, 0.29) is 5.91 Å². The number of hydrogen-bond acceptors (Lipinski definition) is 8. The van der Waals surface area contributed by atoms with Crippen LogP contribution in [0.25, 0.3) is 0 Å². The first-order chi connectivity index (χ1) is 10.3. The van der Waals surface area contributed by atoms with Crippen LogP contribution in [-0.2, 0) is 9.53 Å². The molecule has 2 amide bonds. The van der Waals surface area contributed by atoms with Gasteiger partial charge in [-0.2, -0.15) is 0 Å². The van der Waals surface area contributed by atoms with E-state index < -0.39 is 17.7 Å². The molecule has 1 saturated heterocycles. The van der Waals surface area contributed by atoms with Gasteiger partial charge in [0.1, 0.15) is 11.6 Å². The molecule has 10 heteroatoms. The monoisotopic (exact) mass is 362 g/mol. The van der Waals surface area contributed by atoms with E-state index in [1.807, 2.05) is 6.26 Å². The number of carbonyl (C=O) groups excluding carboxylic acids is 2. The Kier molecular flexibility index (Phi) is 5.56. The van der Waals surface area contributed by atoms with Crippen molar-refractivity contribution in [2.75, 3.05) is 23.2 Å². The highest BCUT2D eigenvalue weighted by Gasteiger charge is 2.37. The Morgan fingerprint density at radius 2 is 2.14 bits per heavy atom. The maximum atomic E-state index is 12.4. The van der Waals surface area contributed by atoms with E-state index in [0.29, 0.717) is 16.8 Å². The number of nitrogens with one attached hydrogen (secondary N) is 1. The van der Waals surface area contributed by atoms with Crippen molar-refractivity contribution < 1.29 is 14.3 Å². The third-order valence-corrected chi connectivity index (χ3v) is 5.45. The lowest BCUT2D eigenvalue weighted by molar-refractivity contribution is -0.120. The number of carbonyl (C=O) groups is 2. The highest BCUT2D eigenvalue weighted by atomic mass is 32.2. The molecule has 122 valence electrons. The molecular weight excluding hydrogens is 344 g/mol. The molecule has 0 radical (unpaired) electrons. The second-order valence-corrected chi connectivity index (χ2v) is 8.56. The number of ether oxygens (including phenoxy) is 1. The predicted molar refractivity (Wildman–Crippen MR) is 89.5 cm³/mol. The molecule has 1 N–H and O–H groups in total. The van der Waals surface area contributed by atoms with E-state index in [4.69, 9.17) is 4.74 Å². The zero-order chi connectivity index (χ0) is 16.3. The van der Waals surface area contributed by atoms with Crippen LogP contribution in [-0.4, -0.2) is 56.6 Å². The van der Waals surface area contributed by atoms with Crippen LogP contribution in [0.5, 0.6) is 0 Å². The summed E-state index contributed by atoms with van der Waals surface area (Å²) >= 11 is 4.29. The first-order valence-electron chi connectivity index (χ1n) is 6.56. The second kappa shape index (κ2) is 7.05. The topological polar surface area (TPSA) is 84.4 Å². The lowest BCUT2D eigenvalue weighted by Gasteiger charge is -2.27. The number of hydrogen-bond donors (Lipinski definition) is 1. The molecule has 1 aliphatic heterocycles. The largest absolute Gasteiger partial charge is 0.444 e. The fraction of sp³-hybridized carbons (Fsp3) is 0.667. The van der Waals surface area contributed by atoms with Crippen LogP contribution >= 0.6 is 34.9 Å². The molecule has 0 aliphatic carbocycles. The van der Waals surface area contributed by atoms with Crippen LogP contribution in [0, 0.1) is 0 Å². The molecule has 2 rings (SSSR count). The number of rotatable bonds is 3. The summed E-state index contributed by atoms with van der Waals surface area (Å²) in [5.74, 6) is 0.720. The smallest absolute Gasteiger partial charge is 0.411 e. The normalized spacial score (nSPS) is 18.4. The van der Waals surface area contributed by atoms with Gasteiger partial charge in [-0.05, 0) is 27.0 Å². The summed E-state index contributed by atoms with van der Waals surface area (Å²) in [6, 6.07) is -0.554. The van der Waals surface area contributed by atoms with Gasteiger partial charge in [-0.1, -0.05) is 23.1 Å². The molecule has 2 heterocycles. The number of thioether (sulfide) groups is 2. The van der Waals surface area contributed by atoms with Crippen LogP contribution in [0.15, 0.2) is 4.34 Å². The first-order valence-corrected chi connectivity index (χ1v) is 9.75. The Balaban J connectivity index is 2.00. The van der Waals surface area contributed by atoms with E-state index in [9.17, 15) is 9.59 Å². The minimum Gasteiger partial charge on any atom is -0.444 e. The lowest BCUT2D eigenvalue weighted by Crippen LogP contribution is -2.46. The van der Waals surface area contributed by atoms with Crippen LogP contribution in [0.2, 0.25) is 0 Å². The average molecular weight is 363 g/mol. The van der Waals surface area contributed by atoms with Crippen molar-refractivity contribution in [3.63, 3.8) is 0 Å². The summed E-state index contributed by atoms with van der Waals surface area (Å²) in [4.78, 5) is 26.0. The van der Waals surface area contributed by atoms with Gasteiger partial charge in [0, 0.05) is 5.75 Å². The Morgan fingerprint density at radius 1 is 1.41 bits per heavy atom. The van der Waals surface area contributed by atoms with Crippen molar-refractivity contribution in [1.29, 1.82) is 0 Å². The number of aromatic nitrogens is 2. The Labute approximate surface area is 141 Å². The first kappa shape index (κ1) is 17.4. The highest BCUT2D eigenvalue weighted by Crippen LogP contribution is 2.26. The summed E-state index contributed by atoms with van der Waals surface area (Å²) < 4.78 is 6.12. The van der Waals surface area contributed by atoms with Crippen LogP contribution in [0.3, 0.4) is 0 Å². The maximum Gasteiger partial charge on any atom is 0.411 e. The maximum absolute atomic E-state index is 12.4. The fourth-order valence-electron chi connectivity index (χ4n) is 1.69. The second-order valence-electron chi connectivity index (χ2n) is 5.53. The lowest BCUT2D eigenvalue weighted by atomic mass is 10.2. The zero-order valence-electron chi connectivity index (χ0n) is 12.8. The van der Waals surface area contributed by atoms with Crippen molar-refractivity contribution in [3.05, 3.63) is 0 Å². The molecule has 0 bridgehead atoms. The highest BCUT2D eigenvalue weighted by molar-refractivity contribution is 8.00. The Hall–Kier alpha value is -1.00. The van der Waals surface area contributed by atoms with E-state index in [0.717, 1.165) is 4.34 Å². The Morgan fingerprint density at radius 3 is 2.73 bits per heavy atom. The summed E-state index contributed by atoms with van der Waals surface area (Å²) in [6.07, 6.45) is 1.42. The van der Waals surface area contributed by atoms with E-state index in [1.165, 1.54) is 39.8 Å². The molecule has 1 fully saturated rings. The van der Waals surface area contributed by atoms with Crippen molar-refractivity contribution in [3.8, 4) is 0 Å². The van der Waals surface area contributed by atoms with Crippen LogP contribution < -0.4 is 5.32 Å². The minimum absolute atomic E-state index is 0.264. The summed E-state index contributed by atoms with van der Waals surface area (Å²) in [5.41, 5.74) is -0.585. The van der Waals surface area contributed by atoms with Crippen LogP contribution in [0.4, 0.5) is 9.93 Å². The third-order valence-electron chi connectivity index (χ3n) is 2.62. The molecule has 0 unspecified atom stereocenters. The molecule has 1 aliphatic rings. The summed E-state index contributed by atoms with van der Waals surface area (Å²) in [5, 5.41) is 11.0. The van der Waals surface area contributed by atoms with Crippen molar-refractivity contribution in [2.45, 2.75) is 36.8 Å². The van der Waals surface area contributed by atoms with Crippen LogP contribution in [0.1, 0.15) is 20.8 Å². The van der Waals surface area contributed by atoms with Crippen molar-refractivity contribution in [2.24, 2.45) is 0 Å². The van der Waals surface area contributed by atoms with E-state index in [2.05, 4.69) is 15.5 Å². The molecule has 1 aromatic heterocycles. The van der Waals surface area contributed by atoms with E-state index >= 15 is 0 Å². The molecule has 0 aromatic carbocycles. The predicted octanol–water partition coefficient (Wildman–Crippen LogP) is 2.51. The zero-order valence-corrected chi connectivity index (χ0v) is 15.2. The SMILES string of the molecule is CSc1nnc(NC(=O)[C@@H]2CSCN2C(=O)OC(C)(C)C)s1. The third kappa shape index (κ3) is 4.50.